The Morgan fingerprint density at radius 1 is 1.57 bits per heavy atom. The molecule has 1 amide bonds. The predicted octanol–water partition coefficient (Wildman–Crippen LogP) is -0.494. The molecule has 0 saturated carbocycles. The number of nitrogens with zero attached hydrogens (tertiary/aromatic N) is 3. The van der Waals surface area contributed by atoms with Crippen molar-refractivity contribution in [1.82, 2.24) is 15.3 Å². The lowest BCUT2D eigenvalue weighted by atomic mass is 10.4. The van der Waals surface area contributed by atoms with Gasteiger partial charge in [-0.15, -0.1) is 0 Å². The van der Waals surface area contributed by atoms with Gasteiger partial charge in [0.15, 0.2) is 11.5 Å². The number of amides is 1. The van der Waals surface area contributed by atoms with Crippen molar-refractivity contribution >= 4 is 11.7 Å². The van der Waals surface area contributed by atoms with E-state index in [4.69, 9.17) is 5.26 Å². The Labute approximate surface area is 81.0 Å². The molecule has 1 aromatic rings. The van der Waals surface area contributed by atoms with E-state index >= 15 is 0 Å². The molecular formula is C8H9N5O. The summed E-state index contributed by atoms with van der Waals surface area (Å²) in [6, 6.07) is 1.87. The number of hydrogen-bond donors (Lipinski definition) is 2. The minimum Gasteiger partial charge on any atom is -0.359 e. The van der Waals surface area contributed by atoms with Gasteiger partial charge in [0, 0.05) is 19.4 Å². The van der Waals surface area contributed by atoms with Gasteiger partial charge in [0.25, 0.3) is 0 Å². The van der Waals surface area contributed by atoms with Crippen LogP contribution in [0.4, 0.5) is 5.82 Å². The van der Waals surface area contributed by atoms with E-state index in [1.54, 1.807) is 0 Å². The largest absolute Gasteiger partial charge is 0.359 e. The number of nitriles is 1. The van der Waals surface area contributed by atoms with E-state index in [1.165, 1.54) is 19.4 Å². The van der Waals surface area contributed by atoms with Gasteiger partial charge in [0.05, 0.1) is 6.54 Å². The number of nitrogens with one attached hydrogen (secondary N) is 2. The van der Waals surface area contributed by atoms with Crippen molar-refractivity contribution in [3.8, 4) is 6.07 Å². The Hall–Kier alpha value is -2.16. The fraction of sp³-hybridized carbons (Fsp3) is 0.250. The summed E-state index contributed by atoms with van der Waals surface area (Å²) in [6.45, 7) is 0.0733. The second-order valence-corrected chi connectivity index (χ2v) is 2.39. The van der Waals surface area contributed by atoms with E-state index in [0.29, 0.717) is 5.82 Å². The second kappa shape index (κ2) is 4.77. The Morgan fingerprint density at radius 2 is 2.29 bits per heavy atom. The van der Waals surface area contributed by atoms with Crippen LogP contribution in [0.1, 0.15) is 5.69 Å². The van der Waals surface area contributed by atoms with Crippen molar-refractivity contribution < 1.29 is 4.79 Å². The molecular weight excluding hydrogens is 182 g/mol. The zero-order valence-corrected chi connectivity index (χ0v) is 7.61. The lowest BCUT2D eigenvalue weighted by molar-refractivity contribution is -0.118. The molecule has 0 fully saturated rings. The number of carbonyl (C=O) groups is 1. The van der Waals surface area contributed by atoms with Crippen LogP contribution in [0.5, 0.6) is 0 Å². The van der Waals surface area contributed by atoms with Crippen LogP contribution in [0.15, 0.2) is 12.4 Å². The van der Waals surface area contributed by atoms with Gasteiger partial charge < -0.3 is 10.6 Å². The first-order valence-corrected chi connectivity index (χ1v) is 3.93. The maximum Gasteiger partial charge on any atom is 0.239 e. The number of anilines is 1. The zero-order valence-electron chi connectivity index (χ0n) is 7.61. The summed E-state index contributed by atoms with van der Waals surface area (Å²) in [5.41, 5.74) is 0.177. The lowest BCUT2D eigenvalue weighted by Crippen LogP contribution is -2.26. The third kappa shape index (κ3) is 2.42. The van der Waals surface area contributed by atoms with Crippen LogP contribution in [0.2, 0.25) is 0 Å². The average molecular weight is 191 g/mol. The molecule has 1 aromatic heterocycles. The third-order valence-electron chi connectivity index (χ3n) is 1.50. The van der Waals surface area contributed by atoms with E-state index in [0.717, 1.165) is 0 Å². The fourth-order valence-corrected chi connectivity index (χ4v) is 0.802. The molecule has 0 aliphatic rings. The molecule has 0 aliphatic carbocycles. The summed E-state index contributed by atoms with van der Waals surface area (Å²) in [5.74, 6) is 0.137. The molecule has 0 atom stereocenters. The average Bonchev–Trinajstić information content (AvgIpc) is 2.26. The van der Waals surface area contributed by atoms with Gasteiger partial charge in [-0.2, -0.15) is 5.26 Å². The first kappa shape index (κ1) is 9.92. The van der Waals surface area contributed by atoms with Crippen LogP contribution in [0.25, 0.3) is 0 Å². The molecule has 0 bridgehead atoms. The summed E-state index contributed by atoms with van der Waals surface area (Å²) < 4.78 is 0. The van der Waals surface area contributed by atoms with Crippen molar-refractivity contribution in [2.45, 2.75) is 0 Å². The summed E-state index contributed by atoms with van der Waals surface area (Å²) in [4.78, 5) is 18.5. The molecule has 14 heavy (non-hydrogen) atoms. The fourth-order valence-electron chi connectivity index (χ4n) is 0.802. The summed E-state index contributed by atoms with van der Waals surface area (Å²) in [6.07, 6.45) is 2.87. The second-order valence-electron chi connectivity index (χ2n) is 2.39. The highest BCUT2D eigenvalue weighted by Crippen LogP contribution is 2.04. The number of hydrogen-bond acceptors (Lipinski definition) is 5. The van der Waals surface area contributed by atoms with Crippen molar-refractivity contribution in [1.29, 1.82) is 5.26 Å². The molecule has 0 aromatic carbocycles. The minimum absolute atomic E-state index is 0.0733. The van der Waals surface area contributed by atoms with Crippen molar-refractivity contribution in [2.24, 2.45) is 0 Å². The number of likely N-dealkylation sites (N-methyl/N-ethyl adjacent to an activating group) is 1. The van der Waals surface area contributed by atoms with Gasteiger partial charge in [0.1, 0.15) is 6.07 Å². The van der Waals surface area contributed by atoms with Gasteiger partial charge >= 0.3 is 0 Å². The molecule has 1 heterocycles. The van der Waals surface area contributed by atoms with E-state index in [2.05, 4.69) is 20.6 Å². The number of rotatable bonds is 3. The van der Waals surface area contributed by atoms with Crippen LogP contribution < -0.4 is 10.6 Å². The van der Waals surface area contributed by atoms with Crippen molar-refractivity contribution in [3.63, 3.8) is 0 Å². The highest BCUT2D eigenvalue weighted by molar-refractivity contribution is 5.80. The maximum atomic E-state index is 10.9. The normalized spacial score (nSPS) is 8.86. The van der Waals surface area contributed by atoms with Gasteiger partial charge in [-0.25, -0.2) is 9.97 Å². The Kier molecular flexibility index (Phi) is 3.38. The van der Waals surface area contributed by atoms with Crippen LogP contribution >= 0.6 is 0 Å². The Balaban J connectivity index is 2.68. The van der Waals surface area contributed by atoms with Gasteiger partial charge in [0.2, 0.25) is 5.91 Å². The summed E-state index contributed by atoms with van der Waals surface area (Å²) >= 11 is 0. The molecule has 0 saturated heterocycles. The molecule has 1 rings (SSSR count). The standard InChI is InChI=1S/C8H9N5O/c1-10-7(14)5-13-8-6(4-9)11-2-3-12-8/h2-3H,5H2,1H3,(H,10,14)(H,12,13). The topological polar surface area (TPSA) is 90.7 Å². The maximum absolute atomic E-state index is 10.9. The third-order valence-corrected chi connectivity index (χ3v) is 1.50. The molecule has 0 unspecified atom stereocenters. The number of aromatic nitrogens is 2. The van der Waals surface area contributed by atoms with Gasteiger partial charge in [-0.05, 0) is 0 Å². The highest BCUT2D eigenvalue weighted by atomic mass is 16.1. The number of carbonyl (C=O) groups excluding carboxylic acids is 1. The smallest absolute Gasteiger partial charge is 0.239 e. The highest BCUT2D eigenvalue weighted by Gasteiger charge is 2.04. The Morgan fingerprint density at radius 3 is 2.93 bits per heavy atom. The van der Waals surface area contributed by atoms with E-state index in [9.17, 15) is 4.79 Å². The molecule has 2 N–H and O–H groups in total. The molecule has 0 spiro atoms. The van der Waals surface area contributed by atoms with Gasteiger partial charge in [-0.3, -0.25) is 4.79 Å². The monoisotopic (exact) mass is 191 g/mol. The van der Waals surface area contributed by atoms with Crippen LogP contribution in [-0.2, 0) is 4.79 Å². The zero-order chi connectivity index (χ0) is 10.4. The quantitative estimate of drug-likeness (QED) is 0.672. The van der Waals surface area contributed by atoms with Crippen LogP contribution in [0.3, 0.4) is 0 Å². The first-order valence-electron chi connectivity index (χ1n) is 3.93. The predicted molar refractivity (Wildman–Crippen MR) is 49.3 cm³/mol. The van der Waals surface area contributed by atoms with Crippen LogP contribution in [-0.4, -0.2) is 29.5 Å². The molecule has 6 heteroatoms. The molecule has 72 valence electrons. The lowest BCUT2D eigenvalue weighted by Gasteiger charge is -2.04. The molecule has 0 radical (unpaired) electrons. The van der Waals surface area contributed by atoms with Crippen molar-refractivity contribution in [3.05, 3.63) is 18.1 Å². The van der Waals surface area contributed by atoms with Gasteiger partial charge in [-0.1, -0.05) is 0 Å². The minimum atomic E-state index is -0.181. The van der Waals surface area contributed by atoms with Crippen molar-refractivity contribution in [2.75, 3.05) is 18.9 Å². The molecule has 6 nitrogen and oxygen atoms in total. The van der Waals surface area contributed by atoms with E-state index < -0.39 is 0 Å². The summed E-state index contributed by atoms with van der Waals surface area (Å²) in [7, 11) is 1.53. The first-order chi connectivity index (χ1) is 6.77. The SMILES string of the molecule is CNC(=O)CNc1nccnc1C#N. The van der Waals surface area contributed by atoms with E-state index in [1.807, 2.05) is 6.07 Å². The summed E-state index contributed by atoms with van der Waals surface area (Å²) in [5, 5.41) is 13.8. The Bertz CT molecular complexity index is 370. The molecule has 0 aliphatic heterocycles. The van der Waals surface area contributed by atoms with E-state index in [-0.39, 0.29) is 18.1 Å². The van der Waals surface area contributed by atoms with Crippen LogP contribution in [0, 0.1) is 11.3 Å².